The predicted molar refractivity (Wildman–Crippen MR) is 74.1 cm³/mol. The summed E-state index contributed by atoms with van der Waals surface area (Å²) in [6.45, 7) is 4.22. The summed E-state index contributed by atoms with van der Waals surface area (Å²) in [7, 11) is 1.55. The minimum Gasteiger partial charge on any atom is -0.377 e. The van der Waals surface area contributed by atoms with Gasteiger partial charge < -0.3 is 14.6 Å². The van der Waals surface area contributed by atoms with Crippen LogP contribution in [0.2, 0.25) is 0 Å². The second-order valence-electron chi connectivity index (χ2n) is 4.14. The van der Waals surface area contributed by atoms with E-state index in [0.717, 1.165) is 12.8 Å². The number of rotatable bonds is 9. The molecule has 0 aromatic heterocycles. The maximum Gasteiger partial charge on any atom is 0.147 e. The minimum atomic E-state index is -0.789. The van der Waals surface area contributed by atoms with Gasteiger partial charge in [-0.3, -0.25) is 0 Å². The Labute approximate surface area is 111 Å². The lowest BCUT2D eigenvalue weighted by atomic mass is 10.1. The molecule has 0 radical (unpaired) electrons. The average molecular weight is 254 g/mol. The first-order chi connectivity index (χ1) is 8.76. The van der Waals surface area contributed by atoms with Crippen molar-refractivity contribution in [1.29, 1.82) is 0 Å². The molecular weight excluding hydrogens is 228 g/mol. The predicted octanol–water partition coefficient (Wildman–Crippen LogP) is 2.89. The first kappa shape index (κ1) is 17.2. The van der Waals surface area contributed by atoms with Crippen LogP contribution in [0.25, 0.3) is 0 Å². The van der Waals surface area contributed by atoms with Crippen molar-refractivity contribution in [3.63, 3.8) is 0 Å². The quantitative estimate of drug-likeness (QED) is 0.297. The van der Waals surface area contributed by atoms with E-state index in [0.29, 0.717) is 0 Å². The Morgan fingerprint density at radius 3 is 2.67 bits per heavy atom. The molecule has 0 aliphatic heterocycles. The van der Waals surface area contributed by atoms with Crippen molar-refractivity contribution in [3.8, 4) is 11.8 Å². The van der Waals surface area contributed by atoms with Gasteiger partial charge in [-0.1, -0.05) is 44.3 Å². The lowest BCUT2D eigenvalue weighted by Crippen LogP contribution is -2.26. The molecule has 3 nitrogen and oxygen atoms in total. The Balaban J connectivity index is 3.99. The number of allylic oxidation sites excluding steroid dienone is 1. The van der Waals surface area contributed by atoms with Gasteiger partial charge in [-0.2, -0.15) is 0 Å². The third-order valence-corrected chi connectivity index (χ3v) is 2.48. The van der Waals surface area contributed by atoms with E-state index in [2.05, 4.69) is 18.8 Å². The van der Waals surface area contributed by atoms with E-state index >= 15 is 0 Å². The molecule has 0 amide bonds. The van der Waals surface area contributed by atoms with E-state index in [9.17, 15) is 5.11 Å². The molecule has 18 heavy (non-hydrogen) atoms. The molecule has 0 fully saturated rings. The molecule has 0 saturated carbocycles. The summed E-state index contributed by atoms with van der Waals surface area (Å²) in [6, 6.07) is 0. The Hall–Kier alpha value is -0.820. The van der Waals surface area contributed by atoms with Crippen molar-refractivity contribution in [2.75, 3.05) is 13.9 Å². The van der Waals surface area contributed by atoms with Gasteiger partial charge >= 0.3 is 0 Å². The fourth-order valence-electron chi connectivity index (χ4n) is 1.49. The SMILES string of the molecule is C/C=C/[C@H](OCOC)[C@@H](O)C#CCCCCCC. The van der Waals surface area contributed by atoms with Gasteiger partial charge in [0.25, 0.3) is 0 Å². The molecule has 0 aromatic rings. The zero-order chi connectivity index (χ0) is 13.6. The Morgan fingerprint density at radius 1 is 1.28 bits per heavy atom. The molecule has 0 rings (SSSR count). The number of ether oxygens (including phenoxy) is 2. The van der Waals surface area contributed by atoms with Crippen molar-refractivity contribution in [2.24, 2.45) is 0 Å². The molecule has 104 valence electrons. The zero-order valence-electron chi connectivity index (χ0n) is 11.8. The highest BCUT2D eigenvalue weighted by Gasteiger charge is 2.13. The summed E-state index contributed by atoms with van der Waals surface area (Å²) < 4.78 is 10.2. The summed E-state index contributed by atoms with van der Waals surface area (Å²) >= 11 is 0. The summed E-state index contributed by atoms with van der Waals surface area (Å²) in [6.07, 6.45) is 8.04. The van der Waals surface area contributed by atoms with Crippen LogP contribution >= 0.6 is 0 Å². The molecule has 0 aromatic carbocycles. The second-order valence-corrected chi connectivity index (χ2v) is 4.14. The van der Waals surface area contributed by atoms with E-state index in [4.69, 9.17) is 9.47 Å². The van der Waals surface area contributed by atoms with Crippen molar-refractivity contribution >= 4 is 0 Å². The molecule has 0 spiro atoms. The average Bonchev–Trinajstić information content (AvgIpc) is 2.38. The third-order valence-electron chi connectivity index (χ3n) is 2.48. The standard InChI is InChI=1S/C15H26O3/c1-4-6-7-8-9-10-12-14(16)15(11-5-2)18-13-17-3/h5,11,14-16H,4,6-9,13H2,1-3H3/b11-5+/t14-,15-/m0/s1. The van der Waals surface area contributed by atoms with Crippen LogP contribution in [0.1, 0.15) is 46.0 Å². The molecule has 0 unspecified atom stereocenters. The van der Waals surface area contributed by atoms with Crippen LogP contribution in [-0.2, 0) is 9.47 Å². The molecule has 0 saturated heterocycles. The van der Waals surface area contributed by atoms with Crippen LogP contribution < -0.4 is 0 Å². The fraction of sp³-hybridized carbons (Fsp3) is 0.733. The molecule has 0 aliphatic rings. The van der Waals surface area contributed by atoms with Gasteiger partial charge in [0.15, 0.2) is 0 Å². The lowest BCUT2D eigenvalue weighted by Gasteiger charge is -2.15. The summed E-state index contributed by atoms with van der Waals surface area (Å²) in [5.41, 5.74) is 0. The maximum absolute atomic E-state index is 9.86. The summed E-state index contributed by atoms with van der Waals surface area (Å²) in [5, 5.41) is 9.86. The highest BCUT2D eigenvalue weighted by molar-refractivity contribution is 5.10. The molecule has 0 aliphatic carbocycles. The third kappa shape index (κ3) is 9.23. The Kier molecular flexibility index (Phi) is 12.1. The number of methoxy groups -OCH3 is 1. The number of aliphatic hydroxyl groups excluding tert-OH is 1. The highest BCUT2D eigenvalue weighted by atomic mass is 16.7. The first-order valence-corrected chi connectivity index (χ1v) is 6.66. The van der Waals surface area contributed by atoms with Gasteiger partial charge in [-0.05, 0) is 13.3 Å². The Morgan fingerprint density at radius 2 is 2.06 bits per heavy atom. The van der Waals surface area contributed by atoms with E-state index < -0.39 is 12.2 Å². The smallest absolute Gasteiger partial charge is 0.147 e. The van der Waals surface area contributed by atoms with Gasteiger partial charge in [-0.25, -0.2) is 0 Å². The number of hydrogen-bond acceptors (Lipinski definition) is 3. The van der Waals surface area contributed by atoms with Crippen molar-refractivity contribution < 1.29 is 14.6 Å². The topological polar surface area (TPSA) is 38.7 Å². The van der Waals surface area contributed by atoms with Crippen LogP contribution in [0.4, 0.5) is 0 Å². The van der Waals surface area contributed by atoms with Crippen LogP contribution in [0.3, 0.4) is 0 Å². The number of hydrogen-bond donors (Lipinski definition) is 1. The lowest BCUT2D eigenvalue weighted by molar-refractivity contribution is -0.0815. The number of unbranched alkanes of at least 4 members (excludes halogenated alkanes) is 4. The zero-order valence-corrected chi connectivity index (χ0v) is 11.8. The van der Waals surface area contributed by atoms with E-state index in [1.54, 1.807) is 13.2 Å². The molecular formula is C15H26O3. The monoisotopic (exact) mass is 254 g/mol. The molecule has 0 heterocycles. The Bertz CT molecular complexity index is 263. The molecule has 0 bridgehead atoms. The van der Waals surface area contributed by atoms with E-state index in [-0.39, 0.29) is 6.79 Å². The van der Waals surface area contributed by atoms with E-state index in [1.165, 1.54) is 19.3 Å². The van der Waals surface area contributed by atoms with E-state index in [1.807, 2.05) is 13.0 Å². The van der Waals surface area contributed by atoms with Gasteiger partial charge in [0.1, 0.15) is 19.0 Å². The first-order valence-electron chi connectivity index (χ1n) is 6.66. The summed E-state index contributed by atoms with van der Waals surface area (Å²) in [4.78, 5) is 0. The number of aliphatic hydroxyl groups is 1. The highest BCUT2D eigenvalue weighted by Crippen LogP contribution is 2.03. The van der Waals surface area contributed by atoms with Crippen LogP contribution in [0, 0.1) is 11.8 Å². The fourth-order valence-corrected chi connectivity index (χ4v) is 1.49. The van der Waals surface area contributed by atoms with Crippen molar-refractivity contribution in [1.82, 2.24) is 0 Å². The van der Waals surface area contributed by atoms with Gasteiger partial charge in [0, 0.05) is 13.5 Å². The minimum absolute atomic E-state index is 0.157. The summed E-state index contributed by atoms with van der Waals surface area (Å²) in [5.74, 6) is 5.83. The van der Waals surface area contributed by atoms with Crippen molar-refractivity contribution in [2.45, 2.75) is 58.2 Å². The van der Waals surface area contributed by atoms with Crippen molar-refractivity contribution in [3.05, 3.63) is 12.2 Å². The van der Waals surface area contributed by atoms with Crippen LogP contribution in [-0.4, -0.2) is 31.2 Å². The van der Waals surface area contributed by atoms with Crippen LogP contribution in [0.15, 0.2) is 12.2 Å². The maximum atomic E-state index is 9.86. The second kappa shape index (κ2) is 12.6. The molecule has 3 heteroatoms. The van der Waals surface area contributed by atoms with Gasteiger partial charge in [-0.15, -0.1) is 5.92 Å². The van der Waals surface area contributed by atoms with Crippen LogP contribution in [0.5, 0.6) is 0 Å². The largest absolute Gasteiger partial charge is 0.377 e. The normalized spacial score (nSPS) is 14.2. The molecule has 2 atom stereocenters. The van der Waals surface area contributed by atoms with Gasteiger partial charge in [0.2, 0.25) is 0 Å². The molecule has 1 N–H and O–H groups in total. The van der Waals surface area contributed by atoms with Gasteiger partial charge in [0.05, 0.1) is 0 Å².